The summed E-state index contributed by atoms with van der Waals surface area (Å²) in [6, 6.07) is 10.3. The zero-order chi connectivity index (χ0) is 10.9. The second-order valence-electron chi connectivity index (χ2n) is 3.69. The van der Waals surface area contributed by atoms with Crippen molar-refractivity contribution >= 4 is 0 Å². The van der Waals surface area contributed by atoms with Gasteiger partial charge in [-0.3, -0.25) is 0 Å². The predicted molar refractivity (Wildman–Crippen MR) is 64.0 cm³/mol. The maximum absolute atomic E-state index is 5.45. The molecule has 1 N–H and O–H groups in total. The summed E-state index contributed by atoms with van der Waals surface area (Å²) in [5.74, 6) is 0. The molecular weight excluding hydrogens is 186 g/mol. The molecule has 1 aromatic rings. The lowest BCUT2D eigenvalue weighted by Crippen LogP contribution is -2.23. The van der Waals surface area contributed by atoms with Crippen molar-refractivity contribution in [1.29, 1.82) is 0 Å². The van der Waals surface area contributed by atoms with Crippen LogP contribution in [0.3, 0.4) is 0 Å². The minimum Gasteiger partial charge on any atom is -0.375 e. The molecule has 0 aliphatic heterocycles. The van der Waals surface area contributed by atoms with Crippen LogP contribution in [0.1, 0.15) is 31.4 Å². The van der Waals surface area contributed by atoms with Gasteiger partial charge in [0, 0.05) is 13.7 Å². The summed E-state index contributed by atoms with van der Waals surface area (Å²) in [6.07, 6.45) is 2.63. The largest absolute Gasteiger partial charge is 0.375 e. The molecule has 1 atom stereocenters. The standard InChI is InChI=1S/C13H21NO/c1-3-4-10-14-11-13(15-2)12-8-6-5-7-9-12/h5-9,13-14H,3-4,10-11H2,1-2H3. The van der Waals surface area contributed by atoms with Crippen LogP contribution in [-0.4, -0.2) is 20.2 Å². The van der Waals surface area contributed by atoms with Crippen molar-refractivity contribution in [2.75, 3.05) is 20.2 Å². The Labute approximate surface area is 92.6 Å². The third kappa shape index (κ3) is 4.45. The van der Waals surface area contributed by atoms with Crippen LogP contribution in [0, 0.1) is 0 Å². The first-order valence-corrected chi connectivity index (χ1v) is 5.67. The Balaban J connectivity index is 2.36. The highest BCUT2D eigenvalue weighted by molar-refractivity contribution is 5.17. The topological polar surface area (TPSA) is 21.3 Å². The molecule has 1 unspecified atom stereocenters. The first-order valence-electron chi connectivity index (χ1n) is 5.67. The molecule has 0 heterocycles. The van der Waals surface area contributed by atoms with E-state index in [0.717, 1.165) is 13.1 Å². The van der Waals surface area contributed by atoms with Crippen molar-refractivity contribution in [1.82, 2.24) is 5.32 Å². The summed E-state index contributed by atoms with van der Waals surface area (Å²) in [4.78, 5) is 0. The minimum absolute atomic E-state index is 0.169. The van der Waals surface area contributed by atoms with Crippen LogP contribution < -0.4 is 5.32 Å². The molecule has 0 aliphatic rings. The molecule has 0 saturated carbocycles. The summed E-state index contributed by atoms with van der Waals surface area (Å²) in [6.45, 7) is 4.16. The Kier molecular flexibility index (Phi) is 6.05. The number of rotatable bonds is 7. The highest BCUT2D eigenvalue weighted by atomic mass is 16.5. The summed E-state index contributed by atoms with van der Waals surface area (Å²) >= 11 is 0. The monoisotopic (exact) mass is 207 g/mol. The van der Waals surface area contributed by atoms with Gasteiger partial charge in [0.25, 0.3) is 0 Å². The van der Waals surface area contributed by atoms with Gasteiger partial charge in [0.05, 0.1) is 6.10 Å². The van der Waals surface area contributed by atoms with Gasteiger partial charge in [0.15, 0.2) is 0 Å². The molecule has 0 aliphatic carbocycles. The van der Waals surface area contributed by atoms with Crippen molar-refractivity contribution in [2.45, 2.75) is 25.9 Å². The van der Waals surface area contributed by atoms with E-state index in [2.05, 4.69) is 24.4 Å². The zero-order valence-electron chi connectivity index (χ0n) is 9.70. The third-order valence-electron chi connectivity index (χ3n) is 2.49. The summed E-state index contributed by atoms with van der Waals surface area (Å²) in [5.41, 5.74) is 1.24. The van der Waals surface area contributed by atoms with E-state index in [1.165, 1.54) is 18.4 Å². The second-order valence-corrected chi connectivity index (χ2v) is 3.69. The minimum atomic E-state index is 0.169. The van der Waals surface area contributed by atoms with Crippen LogP contribution in [0.2, 0.25) is 0 Å². The number of methoxy groups -OCH3 is 1. The third-order valence-corrected chi connectivity index (χ3v) is 2.49. The molecule has 84 valence electrons. The molecule has 0 fully saturated rings. The summed E-state index contributed by atoms with van der Waals surface area (Å²) in [5, 5.41) is 3.41. The molecule has 0 amide bonds. The predicted octanol–water partition coefficient (Wildman–Crippen LogP) is 2.76. The van der Waals surface area contributed by atoms with Crippen molar-refractivity contribution in [3.05, 3.63) is 35.9 Å². The molecule has 2 nitrogen and oxygen atoms in total. The number of hydrogen-bond donors (Lipinski definition) is 1. The highest BCUT2D eigenvalue weighted by Crippen LogP contribution is 2.14. The summed E-state index contributed by atoms with van der Waals surface area (Å²) < 4.78 is 5.45. The molecule has 1 rings (SSSR count). The first kappa shape index (κ1) is 12.2. The number of hydrogen-bond acceptors (Lipinski definition) is 2. The van der Waals surface area contributed by atoms with Crippen molar-refractivity contribution in [3.63, 3.8) is 0 Å². The quantitative estimate of drug-likeness (QED) is 0.694. The van der Waals surface area contributed by atoms with E-state index < -0.39 is 0 Å². The molecule has 2 heteroatoms. The molecule has 0 aromatic heterocycles. The molecule has 1 aromatic carbocycles. The van der Waals surface area contributed by atoms with Gasteiger partial charge >= 0.3 is 0 Å². The summed E-state index contributed by atoms with van der Waals surface area (Å²) in [7, 11) is 1.76. The lowest BCUT2D eigenvalue weighted by Gasteiger charge is -2.16. The van der Waals surface area contributed by atoms with Crippen LogP contribution in [0.4, 0.5) is 0 Å². The smallest absolute Gasteiger partial charge is 0.0945 e. The van der Waals surface area contributed by atoms with Crippen molar-refractivity contribution in [2.24, 2.45) is 0 Å². The van der Waals surface area contributed by atoms with Gasteiger partial charge in [-0.15, -0.1) is 0 Å². The SMILES string of the molecule is CCCCNCC(OC)c1ccccc1. The average Bonchev–Trinajstić information content (AvgIpc) is 2.30. The van der Waals surface area contributed by atoms with Crippen LogP contribution in [0.25, 0.3) is 0 Å². The molecule has 15 heavy (non-hydrogen) atoms. The zero-order valence-corrected chi connectivity index (χ0v) is 9.70. The Morgan fingerprint density at radius 2 is 2.00 bits per heavy atom. The number of nitrogens with one attached hydrogen (secondary N) is 1. The fourth-order valence-electron chi connectivity index (χ4n) is 1.54. The van der Waals surface area contributed by atoms with Crippen LogP contribution >= 0.6 is 0 Å². The molecule has 0 bridgehead atoms. The maximum Gasteiger partial charge on any atom is 0.0945 e. The Bertz CT molecular complexity index is 248. The van der Waals surface area contributed by atoms with Gasteiger partial charge < -0.3 is 10.1 Å². The van der Waals surface area contributed by atoms with E-state index in [0.29, 0.717) is 0 Å². The van der Waals surface area contributed by atoms with E-state index in [9.17, 15) is 0 Å². The van der Waals surface area contributed by atoms with E-state index >= 15 is 0 Å². The lowest BCUT2D eigenvalue weighted by molar-refractivity contribution is 0.102. The first-order chi connectivity index (χ1) is 7.38. The van der Waals surface area contributed by atoms with E-state index in [4.69, 9.17) is 4.74 Å². The van der Waals surface area contributed by atoms with Gasteiger partial charge in [-0.1, -0.05) is 43.7 Å². The van der Waals surface area contributed by atoms with Crippen LogP contribution in [-0.2, 0) is 4.74 Å². The average molecular weight is 207 g/mol. The Morgan fingerprint density at radius 3 is 2.60 bits per heavy atom. The Hall–Kier alpha value is -0.860. The van der Waals surface area contributed by atoms with E-state index in [1.54, 1.807) is 7.11 Å². The van der Waals surface area contributed by atoms with Gasteiger partial charge in [0.1, 0.15) is 0 Å². The van der Waals surface area contributed by atoms with E-state index in [1.807, 2.05) is 18.2 Å². The van der Waals surface area contributed by atoms with Gasteiger partial charge in [-0.05, 0) is 18.5 Å². The molecular formula is C13H21NO. The van der Waals surface area contributed by atoms with Gasteiger partial charge in [-0.2, -0.15) is 0 Å². The number of unbranched alkanes of at least 4 members (excludes halogenated alkanes) is 1. The molecule has 0 radical (unpaired) electrons. The second kappa shape index (κ2) is 7.43. The van der Waals surface area contributed by atoms with Gasteiger partial charge in [0.2, 0.25) is 0 Å². The highest BCUT2D eigenvalue weighted by Gasteiger charge is 2.08. The molecule has 0 saturated heterocycles. The van der Waals surface area contributed by atoms with E-state index in [-0.39, 0.29) is 6.10 Å². The van der Waals surface area contributed by atoms with Crippen LogP contribution in [0.15, 0.2) is 30.3 Å². The number of benzene rings is 1. The van der Waals surface area contributed by atoms with Crippen molar-refractivity contribution in [3.8, 4) is 0 Å². The van der Waals surface area contributed by atoms with Crippen molar-refractivity contribution < 1.29 is 4.74 Å². The normalized spacial score (nSPS) is 12.7. The number of ether oxygens (including phenoxy) is 1. The maximum atomic E-state index is 5.45. The van der Waals surface area contributed by atoms with Gasteiger partial charge in [-0.25, -0.2) is 0 Å². The van der Waals surface area contributed by atoms with Crippen LogP contribution in [0.5, 0.6) is 0 Å². The molecule has 0 spiro atoms. The lowest BCUT2D eigenvalue weighted by atomic mass is 10.1. The fourth-order valence-corrected chi connectivity index (χ4v) is 1.54. The Morgan fingerprint density at radius 1 is 1.27 bits per heavy atom. The fraction of sp³-hybridized carbons (Fsp3) is 0.538.